The summed E-state index contributed by atoms with van der Waals surface area (Å²) < 4.78 is 6.23. The smallest absolute Gasteiger partial charge is 0.186 e. The number of aliphatic imine (C=N–C) groups is 1. The standard InChI is InChI=1S/C29H46N2O3/c1-16(2)26-31-24-11-8-18-12-19-21(10-9-20(18)27(24,4)15-34-26)28(5)14-23(33)25(17(3)30-7)29(28,6)13-22(19)32/h8,16-17,19-21,23-25,30,33H,9-15H2,1-7H3/t17-,19+,20+,21+,23+,24-,25-,27-,28-,29+/m0/s1. The number of hydrogen-bond acceptors (Lipinski definition) is 5. The van der Waals surface area contributed by atoms with Gasteiger partial charge in [0.05, 0.1) is 18.8 Å². The van der Waals surface area contributed by atoms with Crippen LogP contribution in [0.1, 0.15) is 80.1 Å². The zero-order valence-corrected chi connectivity index (χ0v) is 22.4. The summed E-state index contributed by atoms with van der Waals surface area (Å²) in [6, 6.07) is 0.465. The van der Waals surface area contributed by atoms with Crippen molar-refractivity contribution in [3.63, 3.8) is 0 Å². The largest absolute Gasteiger partial charge is 0.480 e. The zero-order chi connectivity index (χ0) is 24.6. The minimum atomic E-state index is -0.355. The number of allylic oxidation sites excluding steroid dienone is 1. The number of nitrogens with one attached hydrogen (secondary N) is 1. The molecule has 3 fully saturated rings. The van der Waals surface area contributed by atoms with E-state index in [4.69, 9.17) is 9.73 Å². The molecular weight excluding hydrogens is 424 g/mol. The van der Waals surface area contributed by atoms with E-state index in [-0.39, 0.29) is 46.3 Å². The van der Waals surface area contributed by atoms with Crippen LogP contribution in [0.2, 0.25) is 0 Å². The topological polar surface area (TPSA) is 70.9 Å². The molecule has 0 amide bonds. The Labute approximate surface area is 206 Å². The molecule has 1 aliphatic heterocycles. The zero-order valence-electron chi connectivity index (χ0n) is 22.4. The number of aliphatic hydroxyl groups excluding tert-OH is 1. The first-order valence-electron chi connectivity index (χ1n) is 13.7. The quantitative estimate of drug-likeness (QED) is 0.582. The first kappa shape index (κ1) is 24.5. The number of ketones is 1. The van der Waals surface area contributed by atoms with Gasteiger partial charge in [-0.25, -0.2) is 0 Å². The van der Waals surface area contributed by atoms with Crippen molar-refractivity contribution in [3.8, 4) is 0 Å². The molecule has 4 aliphatic carbocycles. The molecule has 1 heterocycles. The van der Waals surface area contributed by atoms with E-state index < -0.39 is 0 Å². The van der Waals surface area contributed by atoms with E-state index in [9.17, 15) is 9.90 Å². The minimum absolute atomic E-state index is 0.00158. The molecule has 190 valence electrons. The number of carbonyl (C=O) groups excluding carboxylic acids is 1. The molecule has 34 heavy (non-hydrogen) atoms. The van der Waals surface area contributed by atoms with Gasteiger partial charge in [-0.1, -0.05) is 46.3 Å². The number of Topliss-reactive ketones (excluding diaryl/α,β-unsaturated/α-hetero) is 1. The van der Waals surface area contributed by atoms with Gasteiger partial charge in [0.15, 0.2) is 5.90 Å². The Morgan fingerprint density at radius 2 is 1.91 bits per heavy atom. The average molecular weight is 471 g/mol. The summed E-state index contributed by atoms with van der Waals surface area (Å²) in [6.07, 6.45) is 7.49. The average Bonchev–Trinajstić information content (AvgIpc) is 2.90. The second-order valence-electron chi connectivity index (χ2n) is 13.3. The molecule has 0 radical (unpaired) electrons. The highest BCUT2D eigenvalue weighted by Crippen LogP contribution is 2.69. The van der Waals surface area contributed by atoms with Crippen molar-refractivity contribution >= 4 is 11.7 Å². The number of ether oxygens (including phenoxy) is 1. The molecule has 5 aliphatic rings. The molecule has 0 aromatic heterocycles. The molecule has 5 heteroatoms. The second-order valence-corrected chi connectivity index (χ2v) is 13.3. The number of hydrogen-bond donors (Lipinski definition) is 2. The van der Waals surface area contributed by atoms with Gasteiger partial charge in [-0.3, -0.25) is 9.79 Å². The maximum atomic E-state index is 13.8. The molecule has 0 unspecified atom stereocenters. The van der Waals surface area contributed by atoms with Gasteiger partial charge in [-0.2, -0.15) is 0 Å². The van der Waals surface area contributed by atoms with Crippen LogP contribution in [0.25, 0.3) is 0 Å². The van der Waals surface area contributed by atoms with Crippen LogP contribution in [0.4, 0.5) is 0 Å². The number of fused-ring (bicyclic) bond motifs is 6. The third-order valence-corrected chi connectivity index (χ3v) is 11.5. The highest BCUT2D eigenvalue weighted by molar-refractivity contribution is 5.84. The van der Waals surface area contributed by atoms with Crippen LogP contribution in [-0.4, -0.2) is 48.6 Å². The van der Waals surface area contributed by atoms with Crippen LogP contribution >= 0.6 is 0 Å². The monoisotopic (exact) mass is 470 g/mol. The van der Waals surface area contributed by atoms with Gasteiger partial charge in [0.2, 0.25) is 0 Å². The van der Waals surface area contributed by atoms with Crippen molar-refractivity contribution in [2.75, 3.05) is 13.7 Å². The van der Waals surface area contributed by atoms with Crippen LogP contribution < -0.4 is 5.32 Å². The summed E-state index contributed by atoms with van der Waals surface area (Å²) in [7, 11) is 1.98. The molecule has 5 rings (SSSR count). The minimum Gasteiger partial charge on any atom is -0.480 e. The molecule has 2 N–H and O–H groups in total. The van der Waals surface area contributed by atoms with Gasteiger partial charge in [-0.15, -0.1) is 0 Å². The Kier molecular flexibility index (Phi) is 5.88. The van der Waals surface area contributed by atoms with Gasteiger partial charge in [-0.05, 0) is 68.7 Å². The van der Waals surface area contributed by atoms with E-state index >= 15 is 0 Å². The van der Waals surface area contributed by atoms with Crippen molar-refractivity contribution in [2.45, 2.75) is 98.3 Å². The maximum absolute atomic E-state index is 13.8. The first-order chi connectivity index (χ1) is 16.0. The molecule has 0 spiro atoms. The summed E-state index contributed by atoms with van der Waals surface area (Å²) >= 11 is 0. The van der Waals surface area contributed by atoms with E-state index in [1.165, 1.54) is 5.57 Å². The Morgan fingerprint density at radius 1 is 1.18 bits per heavy atom. The van der Waals surface area contributed by atoms with E-state index in [2.05, 4.69) is 52.9 Å². The van der Waals surface area contributed by atoms with Gasteiger partial charge in [0, 0.05) is 35.6 Å². The lowest BCUT2D eigenvalue weighted by Crippen LogP contribution is -2.55. The molecule has 0 saturated heterocycles. The molecule has 0 aromatic carbocycles. The van der Waals surface area contributed by atoms with E-state index in [1.807, 2.05) is 7.05 Å². The van der Waals surface area contributed by atoms with Gasteiger partial charge in [0.1, 0.15) is 5.78 Å². The summed E-state index contributed by atoms with van der Waals surface area (Å²) in [5.74, 6) is 2.61. The number of aliphatic hydroxyl groups is 1. The normalized spacial score (nSPS) is 49.0. The van der Waals surface area contributed by atoms with Crippen LogP contribution in [0, 0.1) is 45.8 Å². The molecule has 0 aromatic rings. The van der Waals surface area contributed by atoms with Crippen molar-refractivity contribution in [2.24, 2.45) is 50.8 Å². The third kappa shape index (κ3) is 3.25. The van der Waals surface area contributed by atoms with Gasteiger partial charge < -0.3 is 15.2 Å². The van der Waals surface area contributed by atoms with Gasteiger partial charge in [0.25, 0.3) is 0 Å². The van der Waals surface area contributed by atoms with Crippen molar-refractivity contribution in [3.05, 3.63) is 11.6 Å². The fraction of sp³-hybridized carbons (Fsp3) is 0.862. The van der Waals surface area contributed by atoms with Crippen LogP contribution in [-0.2, 0) is 9.53 Å². The Hall–Kier alpha value is -1.20. The van der Waals surface area contributed by atoms with E-state index in [1.54, 1.807) is 0 Å². The van der Waals surface area contributed by atoms with Crippen LogP contribution in [0.3, 0.4) is 0 Å². The Morgan fingerprint density at radius 3 is 2.59 bits per heavy atom. The first-order valence-corrected chi connectivity index (χ1v) is 13.7. The molecular formula is C29H46N2O3. The highest BCUT2D eigenvalue weighted by atomic mass is 16.5. The maximum Gasteiger partial charge on any atom is 0.186 e. The van der Waals surface area contributed by atoms with E-state index in [0.717, 1.165) is 44.6 Å². The lowest BCUT2D eigenvalue weighted by Gasteiger charge is -2.55. The van der Waals surface area contributed by atoms with Crippen molar-refractivity contribution in [1.82, 2.24) is 5.32 Å². The molecule has 10 atom stereocenters. The highest BCUT2D eigenvalue weighted by Gasteiger charge is 2.67. The number of rotatable bonds is 3. The fourth-order valence-corrected chi connectivity index (χ4v) is 9.30. The summed E-state index contributed by atoms with van der Waals surface area (Å²) in [5.41, 5.74) is 1.29. The lowest BCUT2D eigenvalue weighted by molar-refractivity contribution is -0.146. The molecule has 0 bridgehead atoms. The van der Waals surface area contributed by atoms with E-state index in [0.29, 0.717) is 30.0 Å². The summed E-state index contributed by atoms with van der Waals surface area (Å²) in [5, 5.41) is 14.7. The summed E-state index contributed by atoms with van der Waals surface area (Å²) in [6.45, 7) is 14.3. The van der Waals surface area contributed by atoms with Crippen molar-refractivity contribution in [1.29, 1.82) is 0 Å². The number of nitrogens with zero attached hydrogens (tertiary/aromatic N) is 1. The third-order valence-electron chi connectivity index (χ3n) is 11.5. The Bertz CT molecular complexity index is 911. The molecule has 5 nitrogen and oxygen atoms in total. The van der Waals surface area contributed by atoms with Crippen LogP contribution in [0.15, 0.2) is 16.6 Å². The second kappa shape index (κ2) is 8.16. The SMILES string of the molecule is CN[C@@H](C)[C@H]1[C@H](O)C[C@@]2(C)[C@@H]3CC[C@@H]4C(=CC[C@@H]5N=C(C(C)C)OC[C@]54C)C[C@H]3C(=O)C[C@]12C. The summed E-state index contributed by atoms with van der Waals surface area (Å²) in [4.78, 5) is 18.9. The molecule has 3 saturated carbocycles. The predicted octanol–water partition coefficient (Wildman–Crippen LogP) is 4.78. The fourth-order valence-electron chi connectivity index (χ4n) is 9.30. The lowest BCUT2D eigenvalue weighted by atomic mass is 9.48. The van der Waals surface area contributed by atoms with Crippen molar-refractivity contribution < 1.29 is 14.6 Å². The van der Waals surface area contributed by atoms with Crippen LogP contribution in [0.5, 0.6) is 0 Å². The number of carbonyl (C=O) groups is 1. The Balaban J connectivity index is 1.49. The van der Waals surface area contributed by atoms with Gasteiger partial charge >= 0.3 is 0 Å². The predicted molar refractivity (Wildman–Crippen MR) is 136 cm³/mol.